The summed E-state index contributed by atoms with van der Waals surface area (Å²) in [7, 11) is 0. The summed E-state index contributed by atoms with van der Waals surface area (Å²) in [5.74, 6) is 0.770. The lowest BCUT2D eigenvalue weighted by molar-refractivity contribution is -0.0291. The van der Waals surface area contributed by atoms with E-state index in [9.17, 15) is 0 Å². The van der Waals surface area contributed by atoms with E-state index >= 15 is 0 Å². The van der Waals surface area contributed by atoms with E-state index in [0.29, 0.717) is 12.1 Å². The molecule has 4 nitrogen and oxygen atoms in total. The standard InChI is InChI=1S/C15H25N3O/c1-3-5-18-15(13-9-16-11-17-10-13)8-12-6-14(7-12)19-4-2/h9-12,14-15,18H,3-8H2,1-2H3. The normalized spacial score (nSPS) is 23.9. The van der Waals surface area contributed by atoms with Crippen molar-refractivity contribution in [3.63, 3.8) is 0 Å². The maximum atomic E-state index is 5.63. The Morgan fingerprint density at radius 3 is 2.68 bits per heavy atom. The van der Waals surface area contributed by atoms with Gasteiger partial charge in [-0.05, 0) is 45.1 Å². The van der Waals surface area contributed by atoms with Crippen LogP contribution in [0.15, 0.2) is 18.7 Å². The van der Waals surface area contributed by atoms with Crippen molar-refractivity contribution in [1.82, 2.24) is 15.3 Å². The Hall–Kier alpha value is -1.00. The smallest absolute Gasteiger partial charge is 0.115 e. The van der Waals surface area contributed by atoms with Crippen LogP contribution in [-0.4, -0.2) is 29.2 Å². The molecule has 1 unspecified atom stereocenters. The first-order chi connectivity index (χ1) is 9.33. The van der Waals surface area contributed by atoms with Crippen LogP contribution in [0, 0.1) is 5.92 Å². The summed E-state index contributed by atoms with van der Waals surface area (Å²) in [6, 6.07) is 0.383. The Morgan fingerprint density at radius 2 is 2.05 bits per heavy atom. The van der Waals surface area contributed by atoms with Gasteiger partial charge in [-0.2, -0.15) is 0 Å². The van der Waals surface area contributed by atoms with Crippen molar-refractivity contribution in [2.75, 3.05) is 13.2 Å². The van der Waals surface area contributed by atoms with Gasteiger partial charge >= 0.3 is 0 Å². The number of nitrogens with zero attached hydrogens (tertiary/aromatic N) is 2. The van der Waals surface area contributed by atoms with Gasteiger partial charge in [0.2, 0.25) is 0 Å². The molecule has 1 aliphatic carbocycles. The maximum absolute atomic E-state index is 5.63. The number of aromatic nitrogens is 2. The first-order valence-electron chi connectivity index (χ1n) is 7.43. The molecule has 0 radical (unpaired) electrons. The predicted octanol–water partition coefficient (Wildman–Crippen LogP) is 2.72. The minimum Gasteiger partial charge on any atom is -0.378 e. The van der Waals surface area contributed by atoms with Gasteiger partial charge in [-0.25, -0.2) is 9.97 Å². The van der Waals surface area contributed by atoms with E-state index in [-0.39, 0.29) is 0 Å². The van der Waals surface area contributed by atoms with Crippen molar-refractivity contribution in [2.24, 2.45) is 5.92 Å². The van der Waals surface area contributed by atoms with E-state index < -0.39 is 0 Å². The highest BCUT2D eigenvalue weighted by Crippen LogP contribution is 2.36. The molecule has 0 spiro atoms. The molecule has 0 aliphatic heterocycles. The van der Waals surface area contributed by atoms with Crippen LogP contribution in [0.4, 0.5) is 0 Å². The van der Waals surface area contributed by atoms with Gasteiger partial charge in [0.15, 0.2) is 0 Å². The topological polar surface area (TPSA) is 47.0 Å². The van der Waals surface area contributed by atoms with Gasteiger partial charge < -0.3 is 10.1 Å². The molecule has 1 saturated carbocycles. The van der Waals surface area contributed by atoms with E-state index in [1.54, 1.807) is 6.33 Å². The number of rotatable bonds is 8. The summed E-state index contributed by atoms with van der Waals surface area (Å²) in [6.45, 7) is 6.14. The van der Waals surface area contributed by atoms with Gasteiger partial charge in [-0.15, -0.1) is 0 Å². The first kappa shape index (κ1) is 14.4. The minimum absolute atomic E-state index is 0.383. The molecule has 1 aliphatic rings. The molecule has 1 heterocycles. The van der Waals surface area contributed by atoms with E-state index in [2.05, 4.69) is 29.1 Å². The van der Waals surface area contributed by atoms with Crippen molar-refractivity contribution in [1.29, 1.82) is 0 Å². The zero-order valence-corrected chi connectivity index (χ0v) is 12.0. The third kappa shape index (κ3) is 4.25. The molecule has 0 amide bonds. The Labute approximate surface area is 116 Å². The number of ether oxygens (including phenoxy) is 1. The van der Waals surface area contributed by atoms with Crippen molar-refractivity contribution in [2.45, 2.75) is 51.7 Å². The Balaban J connectivity index is 1.85. The molecule has 106 valence electrons. The van der Waals surface area contributed by atoms with Crippen LogP contribution in [0.3, 0.4) is 0 Å². The molecule has 1 aromatic heterocycles. The molecule has 0 bridgehead atoms. The van der Waals surface area contributed by atoms with Crippen molar-refractivity contribution in [3.05, 3.63) is 24.3 Å². The van der Waals surface area contributed by atoms with Crippen LogP contribution >= 0.6 is 0 Å². The summed E-state index contributed by atoms with van der Waals surface area (Å²) in [4.78, 5) is 8.27. The summed E-state index contributed by atoms with van der Waals surface area (Å²) in [6.07, 6.45) is 10.7. The fraction of sp³-hybridized carbons (Fsp3) is 0.733. The summed E-state index contributed by atoms with van der Waals surface area (Å²) in [5.41, 5.74) is 1.20. The second-order valence-electron chi connectivity index (χ2n) is 5.33. The molecule has 4 heteroatoms. The van der Waals surface area contributed by atoms with Crippen LogP contribution in [0.2, 0.25) is 0 Å². The Kier molecular flexibility index (Phi) is 5.73. The zero-order chi connectivity index (χ0) is 13.5. The average Bonchev–Trinajstić information content (AvgIpc) is 2.41. The van der Waals surface area contributed by atoms with Crippen LogP contribution in [0.25, 0.3) is 0 Å². The highest BCUT2D eigenvalue weighted by Gasteiger charge is 2.31. The van der Waals surface area contributed by atoms with Gasteiger partial charge in [0.1, 0.15) is 6.33 Å². The molecular weight excluding hydrogens is 238 g/mol. The third-order valence-corrected chi connectivity index (χ3v) is 3.79. The average molecular weight is 263 g/mol. The maximum Gasteiger partial charge on any atom is 0.115 e. The molecule has 0 saturated heterocycles. The second kappa shape index (κ2) is 7.56. The van der Waals surface area contributed by atoms with Crippen molar-refractivity contribution in [3.8, 4) is 0 Å². The lowest BCUT2D eigenvalue weighted by Gasteiger charge is -2.37. The van der Waals surface area contributed by atoms with Crippen LogP contribution in [-0.2, 0) is 4.74 Å². The molecule has 1 N–H and O–H groups in total. The molecule has 1 fully saturated rings. The quantitative estimate of drug-likeness (QED) is 0.783. The van der Waals surface area contributed by atoms with Crippen molar-refractivity contribution >= 4 is 0 Å². The second-order valence-corrected chi connectivity index (χ2v) is 5.33. The summed E-state index contributed by atoms with van der Waals surface area (Å²) >= 11 is 0. The summed E-state index contributed by atoms with van der Waals surface area (Å²) < 4.78 is 5.63. The van der Waals surface area contributed by atoms with Gasteiger partial charge in [0.25, 0.3) is 0 Å². The monoisotopic (exact) mass is 263 g/mol. The number of hydrogen-bond donors (Lipinski definition) is 1. The number of hydrogen-bond acceptors (Lipinski definition) is 4. The van der Waals surface area contributed by atoms with Crippen LogP contribution < -0.4 is 5.32 Å². The third-order valence-electron chi connectivity index (χ3n) is 3.79. The first-order valence-corrected chi connectivity index (χ1v) is 7.43. The molecular formula is C15H25N3O. The van der Waals surface area contributed by atoms with Gasteiger partial charge in [0, 0.05) is 30.6 Å². The SMILES string of the molecule is CCCNC(CC1CC(OCC)C1)c1cncnc1. The van der Waals surface area contributed by atoms with Crippen LogP contribution in [0.1, 0.15) is 51.1 Å². The van der Waals surface area contributed by atoms with Gasteiger partial charge in [-0.1, -0.05) is 6.92 Å². The molecule has 0 aromatic carbocycles. The minimum atomic E-state index is 0.383. The lowest BCUT2D eigenvalue weighted by atomic mass is 9.77. The highest BCUT2D eigenvalue weighted by atomic mass is 16.5. The fourth-order valence-corrected chi connectivity index (χ4v) is 2.72. The highest BCUT2D eigenvalue weighted by molar-refractivity contribution is 5.10. The Morgan fingerprint density at radius 1 is 1.32 bits per heavy atom. The van der Waals surface area contributed by atoms with Gasteiger partial charge in [-0.3, -0.25) is 0 Å². The molecule has 1 aromatic rings. The fourth-order valence-electron chi connectivity index (χ4n) is 2.72. The lowest BCUT2D eigenvalue weighted by Crippen LogP contribution is -2.35. The molecule has 2 rings (SSSR count). The zero-order valence-electron chi connectivity index (χ0n) is 12.0. The summed E-state index contributed by atoms with van der Waals surface area (Å²) in [5, 5.41) is 3.61. The van der Waals surface area contributed by atoms with E-state index in [0.717, 1.165) is 31.9 Å². The van der Waals surface area contributed by atoms with Crippen LogP contribution in [0.5, 0.6) is 0 Å². The largest absolute Gasteiger partial charge is 0.378 e. The van der Waals surface area contributed by atoms with E-state index in [1.807, 2.05) is 12.4 Å². The van der Waals surface area contributed by atoms with E-state index in [4.69, 9.17) is 4.74 Å². The predicted molar refractivity (Wildman–Crippen MR) is 75.8 cm³/mol. The molecule has 19 heavy (non-hydrogen) atoms. The van der Waals surface area contributed by atoms with E-state index in [1.165, 1.54) is 18.4 Å². The Bertz CT molecular complexity index is 352. The van der Waals surface area contributed by atoms with Crippen molar-refractivity contribution < 1.29 is 4.74 Å². The number of nitrogens with one attached hydrogen (secondary N) is 1. The molecule has 1 atom stereocenters. The van der Waals surface area contributed by atoms with Gasteiger partial charge in [0.05, 0.1) is 6.10 Å².